The summed E-state index contributed by atoms with van der Waals surface area (Å²) in [6.45, 7) is 3.03. The highest BCUT2D eigenvalue weighted by atomic mass is 35.5. The van der Waals surface area contributed by atoms with Crippen molar-refractivity contribution in [2.45, 2.75) is 56.2 Å². The molecule has 21 heavy (non-hydrogen) atoms. The van der Waals surface area contributed by atoms with Crippen LogP contribution < -0.4 is 0 Å². The maximum atomic E-state index is 6.13. The van der Waals surface area contributed by atoms with Crippen molar-refractivity contribution in [3.05, 3.63) is 23.7 Å². The van der Waals surface area contributed by atoms with Crippen molar-refractivity contribution in [2.24, 2.45) is 0 Å². The van der Waals surface area contributed by atoms with Crippen molar-refractivity contribution in [1.82, 2.24) is 14.5 Å². The van der Waals surface area contributed by atoms with E-state index in [1.54, 1.807) is 0 Å². The quantitative estimate of drug-likeness (QED) is 0.774. The molecule has 1 fully saturated rings. The highest BCUT2D eigenvalue weighted by Gasteiger charge is 2.33. The normalized spacial score (nSPS) is 18.2. The molecular formula is C16H22ClN3S. The Morgan fingerprint density at radius 1 is 1.33 bits per heavy atom. The number of halogens is 1. The molecule has 0 aliphatic heterocycles. The Morgan fingerprint density at radius 3 is 2.76 bits per heavy atom. The second-order valence-corrected chi connectivity index (χ2v) is 7.59. The molecule has 114 valence electrons. The molecule has 0 saturated heterocycles. The van der Waals surface area contributed by atoms with E-state index in [0.717, 1.165) is 29.1 Å². The second-order valence-electron chi connectivity index (χ2n) is 6.05. The zero-order valence-corrected chi connectivity index (χ0v) is 14.3. The van der Waals surface area contributed by atoms with Crippen LogP contribution in [0.3, 0.4) is 0 Å². The first-order chi connectivity index (χ1) is 10.2. The third kappa shape index (κ3) is 2.93. The Labute approximate surface area is 135 Å². The molecule has 0 atom stereocenters. The van der Waals surface area contributed by atoms with Gasteiger partial charge in [0.25, 0.3) is 0 Å². The van der Waals surface area contributed by atoms with Gasteiger partial charge >= 0.3 is 0 Å². The molecule has 0 N–H and O–H groups in total. The molecule has 0 aromatic carbocycles. The lowest BCUT2D eigenvalue weighted by Crippen LogP contribution is -2.33. The summed E-state index contributed by atoms with van der Waals surface area (Å²) in [6, 6.07) is 2.10. The van der Waals surface area contributed by atoms with E-state index in [1.807, 2.05) is 18.0 Å². The SMILES string of the molecule is CSC1(Cn2c(CCl)nc3cc(C)cnc32)CCCCC1. The number of aryl methyl sites for hydroxylation is 1. The average Bonchev–Trinajstić information content (AvgIpc) is 2.85. The maximum absolute atomic E-state index is 6.13. The van der Waals surface area contributed by atoms with E-state index in [4.69, 9.17) is 11.6 Å². The van der Waals surface area contributed by atoms with Crippen molar-refractivity contribution in [3.8, 4) is 0 Å². The molecule has 0 amide bonds. The van der Waals surface area contributed by atoms with Gasteiger partial charge in [-0.25, -0.2) is 9.97 Å². The topological polar surface area (TPSA) is 30.7 Å². The standard InChI is InChI=1S/C16H22ClN3S/c1-12-8-13-15(18-10-12)20(14(9-17)19-13)11-16(21-2)6-4-3-5-7-16/h8,10H,3-7,9,11H2,1-2H3. The van der Waals surface area contributed by atoms with E-state index in [1.165, 1.54) is 32.1 Å². The lowest BCUT2D eigenvalue weighted by atomic mass is 9.88. The van der Waals surface area contributed by atoms with Crippen molar-refractivity contribution in [3.63, 3.8) is 0 Å². The summed E-state index contributed by atoms with van der Waals surface area (Å²) in [6.07, 6.45) is 10.7. The van der Waals surface area contributed by atoms with Gasteiger partial charge in [0.05, 0.1) is 5.88 Å². The first-order valence-electron chi connectivity index (χ1n) is 7.60. The second kappa shape index (κ2) is 6.17. The van der Waals surface area contributed by atoms with Gasteiger partial charge in [-0.05, 0) is 37.7 Å². The van der Waals surface area contributed by atoms with Crippen LogP contribution in [-0.2, 0) is 12.4 Å². The van der Waals surface area contributed by atoms with Gasteiger partial charge in [-0.3, -0.25) is 0 Å². The van der Waals surface area contributed by atoms with E-state index in [9.17, 15) is 0 Å². The molecule has 1 saturated carbocycles. The Balaban J connectivity index is 2.02. The first-order valence-corrected chi connectivity index (χ1v) is 9.36. The number of aromatic nitrogens is 3. The molecule has 1 aliphatic carbocycles. The summed E-state index contributed by atoms with van der Waals surface area (Å²) in [7, 11) is 0. The molecule has 0 bridgehead atoms. The monoisotopic (exact) mass is 323 g/mol. The average molecular weight is 324 g/mol. The minimum Gasteiger partial charge on any atom is -0.310 e. The zero-order valence-electron chi connectivity index (χ0n) is 12.7. The van der Waals surface area contributed by atoms with Gasteiger partial charge in [0.15, 0.2) is 5.65 Å². The minimum absolute atomic E-state index is 0.319. The van der Waals surface area contributed by atoms with E-state index < -0.39 is 0 Å². The van der Waals surface area contributed by atoms with Crippen LogP contribution in [0.25, 0.3) is 11.2 Å². The molecule has 2 heterocycles. The summed E-state index contributed by atoms with van der Waals surface area (Å²) in [5.74, 6) is 1.39. The van der Waals surface area contributed by atoms with Crippen LogP contribution in [0.2, 0.25) is 0 Å². The van der Waals surface area contributed by atoms with Crippen molar-refractivity contribution in [1.29, 1.82) is 0 Å². The predicted molar refractivity (Wildman–Crippen MR) is 91.2 cm³/mol. The lowest BCUT2D eigenvalue weighted by molar-refractivity contribution is 0.358. The van der Waals surface area contributed by atoms with Gasteiger partial charge in [0.1, 0.15) is 11.3 Å². The number of thioether (sulfide) groups is 1. The van der Waals surface area contributed by atoms with Gasteiger partial charge in [0.2, 0.25) is 0 Å². The molecule has 2 aromatic heterocycles. The van der Waals surface area contributed by atoms with Crippen molar-refractivity contribution >= 4 is 34.5 Å². The minimum atomic E-state index is 0.319. The van der Waals surface area contributed by atoms with E-state index >= 15 is 0 Å². The number of hydrogen-bond acceptors (Lipinski definition) is 3. The Kier molecular flexibility index (Phi) is 4.46. The van der Waals surface area contributed by atoms with E-state index in [-0.39, 0.29) is 0 Å². The van der Waals surface area contributed by atoms with Crippen molar-refractivity contribution < 1.29 is 0 Å². The van der Waals surface area contributed by atoms with Crippen LogP contribution in [0.5, 0.6) is 0 Å². The van der Waals surface area contributed by atoms with Gasteiger partial charge in [-0.1, -0.05) is 19.3 Å². The number of imidazole rings is 1. The third-order valence-corrected chi connectivity index (χ3v) is 6.21. The predicted octanol–water partition coefficient (Wildman–Crippen LogP) is 4.54. The zero-order chi connectivity index (χ0) is 14.9. The summed E-state index contributed by atoms with van der Waals surface area (Å²) >= 11 is 8.13. The Morgan fingerprint density at radius 2 is 2.10 bits per heavy atom. The number of fused-ring (bicyclic) bond motifs is 1. The van der Waals surface area contributed by atoms with Crippen LogP contribution in [0.15, 0.2) is 12.3 Å². The van der Waals surface area contributed by atoms with Crippen LogP contribution in [-0.4, -0.2) is 25.5 Å². The van der Waals surface area contributed by atoms with Crippen LogP contribution >= 0.6 is 23.4 Å². The molecule has 0 radical (unpaired) electrons. The van der Waals surface area contributed by atoms with Gasteiger partial charge < -0.3 is 4.57 Å². The van der Waals surface area contributed by atoms with Gasteiger partial charge in [0, 0.05) is 17.5 Å². The highest BCUT2D eigenvalue weighted by molar-refractivity contribution is 8.00. The molecular weight excluding hydrogens is 302 g/mol. The number of nitrogens with zero attached hydrogens (tertiary/aromatic N) is 3. The molecule has 3 nitrogen and oxygen atoms in total. The molecule has 2 aromatic rings. The first kappa shape index (κ1) is 15.2. The highest BCUT2D eigenvalue weighted by Crippen LogP contribution is 2.40. The Bertz CT molecular complexity index is 632. The maximum Gasteiger partial charge on any atom is 0.160 e. The molecule has 0 unspecified atom stereocenters. The fraction of sp³-hybridized carbons (Fsp3) is 0.625. The summed E-state index contributed by atoms with van der Waals surface area (Å²) in [5.41, 5.74) is 3.10. The number of hydrogen-bond donors (Lipinski definition) is 0. The lowest BCUT2D eigenvalue weighted by Gasteiger charge is -2.36. The van der Waals surface area contributed by atoms with E-state index in [0.29, 0.717) is 10.6 Å². The third-order valence-electron chi connectivity index (χ3n) is 4.56. The van der Waals surface area contributed by atoms with Crippen LogP contribution in [0.4, 0.5) is 0 Å². The van der Waals surface area contributed by atoms with Gasteiger partial charge in [-0.15, -0.1) is 11.6 Å². The number of pyridine rings is 1. The summed E-state index contributed by atoms with van der Waals surface area (Å²) < 4.78 is 2.57. The molecule has 0 spiro atoms. The van der Waals surface area contributed by atoms with Gasteiger partial charge in [-0.2, -0.15) is 11.8 Å². The molecule has 5 heteroatoms. The Hall–Kier alpha value is -0.740. The fourth-order valence-corrected chi connectivity index (χ4v) is 4.50. The fourth-order valence-electron chi connectivity index (χ4n) is 3.34. The summed E-state index contributed by atoms with van der Waals surface area (Å²) in [5, 5.41) is 0. The number of rotatable bonds is 4. The molecule has 1 aliphatic rings. The van der Waals surface area contributed by atoms with Crippen molar-refractivity contribution in [2.75, 3.05) is 6.26 Å². The number of alkyl halides is 1. The van der Waals surface area contributed by atoms with Crippen LogP contribution in [0.1, 0.15) is 43.5 Å². The van der Waals surface area contributed by atoms with Crippen LogP contribution in [0, 0.1) is 6.92 Å². The largest absolute Gasteiger partial charge is 0.310 e. The summed E-state index contributed by atoms with van der Waals surface area (Å²) in [4.78, 5) is 9.29. The molecule has 3 rings (SSSR count). The smallest absolute Gasteiger partial charge is 0.160 e. The van der Waals surface area contributed by atoms with E-state index in [2.05, 4.69) is 33.8 Å².